The summed E-state index contributed by atoms with van der Waals surface area (Å²) in [5.74, 6) is 0.0386. The number of esters is 1. The molecule has 2 aromatic carbocycles. The van der Waals surface area contributed by atoms with Gasteiger partial charge in [0.2, 0.25) is 0 Å². The number of ether oxygens (including phenoxy) is 2. The molecule has 0 atom stereocenters. The lowest BCUT2D eigenvalue weighted by atomic mass is 10.2. The number of thioether (sulfide) groups is 1. The first-order chi connectivity index (χ1) is 12.9. The van der Waals surface area contributed by atoms with Crippen LogP contribution in [0.5, 0.6) is 11.5 Å². The summed E-state index contributed by atoms with van der Waals surface area (Å²) in [4.78, 5) is 25.9. The fourth-order valence-corrected chi connectivity index (χ4v) is 3.95. The molecule has 8 heteroatoms. The molecule has 0 aliphatic carbocycles. The SMILES string of the molecule is COc1cc(/C=C2/SC(=S)N(c3cccc(Cl)c3)C2=O)ccc1OC(C)=O. The van der Waals surface area contributed by atoms with E-state index in [9.17, 15) is 9.59 Å². The molecule has 1 heterocycles. The molecule has 0 saturated carbocycles. The zero-order valence-electron chi connectivity index (χ0n) is 14.4. The predicted octanol–water partition coefficient (Wildman–Crippen LogP) is 4.68. The van der Waals surface area contributed by atoms with Gasteiger partial charge in [-0.1, -0.05) is 47.7 Å². The minimum atomic E-state index is -0.441. The van der Waals surface area contributed by atoms with Gasteiger partial charge in [0.1, 0.15) is 0 Å². The number of carbonyl (C=O) groups excluding carboxylic acids is 2. The van der Waals surface area contributed by atoms with Gasteiger partial charge in [-0.2, -0.15) is 0 Å². The van der Waals surface area contributed by atoms with Crippen LogP contribution in [0, 0.1) is 0 Å². The molecule has 1 amide bonds. The molecule has 3 rings (SSSR count). The molecule has 0 radical (unpaired) electrons. The molecule has 27 heavy (non-hydrogen) atoms. The number of benzene rings is 2. The normalized spacial score (nSPS) is 15.4. The summed E-state index contributed by atoms with van der Waals surface area (Å²) in [6.07, 6.45) is 1.71. The van der Waals surface area contributed by atoms with Crippen LogP contribution < -0.4 is 14.4 Å². The maximum Gasteiger partial charge on any atom is 0.308 e. The summed E-state index contributed by atoms with van der Waals surface area (Å²) >= 11 is 12.6. The largest absolute Gasteiger partial charge is 0.493 e. The highest BCUT2D eigenvalue weighted by Crippen LogP contribution is 2.37. The van der Waals surface area contributed by atoms with Gasteiger partial charge in [0.05, 0.1) is 17.7 Å². The van der Waals surface area contributed by atoms with E-state index in [4.69, 9.17) is 33.3 Å². The number of halogens is 1. The Morgan fingerprint density at radius 2 is 2.00 bits per heavy atom. The van der Waals surface area contributed by atoms with Crippen LogP contribution in [0.1, 0.15) is 12.5 Å². The average molecular weight is 420 g/mol. The predicted molar refractivity (Wildman–Crippen MR) is 111 cm³/mol. The summed E-state index contributed by atoms with van der Waals surface area (Å²) in [6, 6.07) is 12.0. The van der Waals surface area contributed by atoms with E-state index in [1.807, 2.05) is 0 Å². The third kappa shape index (κ3) is 4.32. The van der Waals surface area contributed by atoms with Crippen molar-refractivity contribution in [3.8, 4) is 11.5 Å². The number of hydrogen-bond acceptors (Lipinski definition) is 6. The maximum absolute atomic E-state index is 12.8. The highest BCUT2D eigenvalue weighted by molar-refractivity contribution is 8.27. The van der Waals surface area contributed by atoms with Crippen molar-refractivity contribution in [3.05, 3.63) is 58.0 Å². The highest BCUT2D eigenvalue weighted by atomic mass is 35.5. The smallest absolute Gasteiger partial charge is 0.308 e. The van der Waals surface area contributed by atoms with Gasteiger partial charge < -0.3 is 9.47 Å². The van der Waals surface area contributed by atoms with Crippen molar-refractivity contribution in [1.29, 1.82) is 0 Å². The molecule has 1 saturated heterocycles. The molecular formula is C19H14ClNO4S2. The molecule has 0 unspecified atom stereocenters. The van der Waals surface area contributed by atoms with Crippen molar-refractivity contribution < 1.29 is 19.1 Å². The Morgan fingerprint density at radius 3 is 2.67 bits per heavy atom. The fourth-order valence-electron chi connectivity index (χ4n) is 2.47. The number of nitrogens with zero attached hydrogens (tertiary/aromatic N) is 1. The van der Waals surface area contributed by atoms with E-state index in [0.29, 0.717) is 37.0 Å². The van der Waals surface area contributed by atoms with E-state index < -0.39 is 5.97 Å². The molecule has 0 aromatic heterocycles. The first kappa shape index (κ1) is 19.4. The second-order valence-corrected chi connectivity index (χ2v) is 7.61. The van der Waals surface area contributed by atoms with Crippen LogP contribution in [0.15, 0.2) is 47.4 Å². The van der Waals surface area contributed by atoms with Crippen LogP contribution in [0.4, 0.5) is 5.69 Å². The lowest BCUT2D eigenvalue weighted by Gasteiger charge is -2.14. The van der Waals surface area contributed by atoms with Crippen LogP contribution in [0.3, 0.4) is 0 Å². The zero-order chi connectivity index (χ0) is 19.6. The van der Waals surface area contributed by atoms with Crippen LogP contribution in [0.2, 0.25) is 5.02 Å². The fraction of sp³-hybridized carbons (Fsp3) is 0.105. The lowest BCUT2D eigenvalue weighted by molar-refractivity contribution is -0.132. The molecule has 5 nitrogen and oxygen atoms in total. The number of amides is 1. The first-order valence-corrected chi connectivity index (χ1v) is 9.39. The summed E-state index contributed by atoms with van der Waals surface area (Å²) in [5, 5.41) is 0.524. The van der Waals surface area contributed by atoms with E-state index in [-0.39, 0.29) is 5.91 Å². The Labute approximate surface area is 170 Å². The standard InChI is InChI=1S/C19H14ClNO4S2/c1-11(22)25-15-7-6-12(8-16(15)24-2)9-17-18(23)21(19(26)27-17)14-5-3-4-13(20)10-14/h3-10H,1-2H3/b17-9+. The van der Waals surface area contributed by atoms with Gasteiger partial charge in [0, 0.05) is 11.9 Å². The lowest BCUT2D eigenvalue weighted by Crippen LogP contribution is -2.27. The Balaban J connectivity index is 1.90. The van der Waals surface area contributed by atoms with Gasteiger partial charge in [0.15, 0.2) is 15.8 Å². The number of methoxy groups -OCH3 is 1. The quantitative estimate of drug-likeness (QED) is 0.310. The monoisotopic (exact) mass is 419 g/mol. The van der Waals surface area contributed by atoms with Gasteiger partial charge in [-0.05, 0) is 42.0 Å². The third-order valence-electron chi connectivity index (χ3n) is 3.60. The van der Waals surface area contributed by atoms with E-state index >= 15 is 0 Å². The van der Waals surface area contributed by atoms with Crippen molar-refractivity contribution in [2.45, 2.75) is 6.92 Å². The molecule has 0 N–H and O–H groups in total. The Morgan fingerprint density at radius 1 is 1.22 bits per heavy atom. The van der Waals surface area contributed by atoms with Crippen LogP contribution >= 0.6 is 35.6 Å². The van der Waals surface area contributed by atoms with Crippen molar-refractivity contribution >= 4 is 63.5 Å². The minimum absolute atomic E-state index is 0.227. The van der Waals surface area contributed by atoms with Gasteiger partial charge >= 0.3 is 5.97 Å². The number of anilines is 1. The number of carbonyl (C=O) groups is 2. The van der Waals surface area contributed by atoms with E-state index in [2.05, 4.69) is 0 Å². The molecule has 0 bridgehead atoms. The van der Waals surface area contributed by atoms with E-state index in [0.717, 1.165) is 0 Å². The number of hydrogen-bond donors (Lipinski definition) is 0. The highest BCUT2D eigenvalue weighted by Gasteiger charge is 2.33. The molecule has 2 aromatic rings. The summed E-state index contributed by atoms with van der Waals surface area (Å²) in [5.41, 5.74) is 1.34. The Bertz CT molecular complexity index is 974. The third-order valence-corrected chi connectivity index (χ3v) is 5.14. The minimum Gasteiger partial charge on any atom is -0.493 e. The van der Waals surface area contributed by atoms with E-state index in [1.165, 1.54) is 30.7 Å². The van der Waals surface area contributed by atoms with Gasteiger partial charge in [-0.25, -0.2) is 0 Å². The van der Waals surface area contributed by atoms with Crippen LogP contribution in [-0.4, -0.2) is 23.3 Å². The van der Waals surface area contributed by atoms with E-state index in [1.54, 1.807) is 48.5 Å². The Hall–Kier alpha value is -2.35. The molecule has 138 valence electrons. The zero-order valence-corrected chi connectivity index (χ0v) is 16.8. The molecule has 1 aliphatic rings. The van der Waals surface area contributed by atoms with Gasteiger partial charge in [0.25, 0.3) is 5.91 Å². The Kier molecular flexibility index (Phi) is 5.84. The molecule has 0 spiro atoms. The van der Waals surface area contributed by atoms with Gasteiger partial charge in [-0.15, -0.1) is 0 Å². The summed E-state index contributed by atoms with van der Waals surface area (Å²) < 4.78 is 10.8. The molecule has 1 fully saturated rings. The van der Waals surface area contributed by atoms with Crippen molar-refractivity contribution in [3.63, 3.8) is 0 Å². The second kappa shape index (κ2) is 8.12. The topological polar surface area (TPSA) is 55.8 Å². The first-order valence-electron chi connectivity index (χ1n) is 7.79. The number of thiocarbonyl (C=S) groups is 1. The second-order valence-electron chi connectivity index (χ2n) is 5.50. The van der Waals surface area contributed by atoms with Crippen molar-refractivity contribution in [1.82, 2.24) is 0 Å². The van der Waals surface area contributed by atoms with Crippen LogP contribution in [0.25, 0.3) is 6.08 Å². The maximum atomic E-state index is 12.8. The van der Waals surface area contributed by atoms with Crippen molar-refractivity contribution in [2.75, 3.05) is 12.0 Å². The number of rotatable bonds is 4. The van der Waals surface area contributed by atoms with Crippen molar-refractivity contribution in [2.24, 2.45) is 0 Å². The van der Waals surface area contributed by atoms with Crippen LogP contribution in [-0.2, 0) is 9.59 Å². The average Bonchev–Trinajstić information content (AvgIpc) is 2.89. The summed E-state index contributed by atoms with van der Waals surface area (Å²) in [7, 11) is 1.48. The van der Waals surface area contributed by atoms with Gasteiger partial charge in [-0.3, -0.25) is 14.5 Å². The molecular weight excluding hydrogens is 406 g/mol. The molecule has 1 aliphatic heterocycles. The summed E-state index contributed by atoms with van der Waals surface area (Å²) in [6.45, 7) is 1.31.